The minimum atomic E-state index is -0.459. The van der Waals surface area contributed by atoms with Gasteiger partial charge in [0.2, 0.25) is 5.91 Å². The molecular formula is C24H36N4O2S. The summed E-state index contributed by atoms with van der Waals surface area (Å²) in [6, 6.07) is 4.02. The minimum Gasteiger partial charge on any atom is -0.357 e. The van der Waals surface area contributed by atoms with Gasteiger partial charge in [0.15, 0.2) is 5.17 Å². The first kappa shape index (κ1) is 22.4. The average molecular weight is 445 g/mol. The number of carbonyl (C=O) groups excluding carboxylic acids is 2. The van der Waals surface area contributed by atoms with Gasteiger partial charge in [0.05, 0.1) is 10.8 Å². The highest BCUT2D eigenvalue weighted by atomic mass is 32.2. The summed E-state index contributed by atoms with van der Waals surface area (Å²) in [5.74, 6) is 1.99. The monoisotopic (exact) mass is 444 g/mol. The Morgan fingerprint density at radius 1 is 1.29 bits per heavy atom. The Labute approximate surface area is 190 Å². The molecular weight excluding hydrogens is 408 g/mol. The number of aromatic amines is 1. The molecule has 0 aromatic carbocycles. The molecule has 31 heavy (non-hydrogen) atoms. The van der Waals surface area contributed by atoms with Crippen LogP contribution in [0.1, 0.15) is 76.2 Å². The zero-order chi connectivity index (χ0) is 22.0. The Hall–Kier alpha value is -1.76. The first-order chi connectivity index (χ1) is 14.9. The van der Waals surface area contributed by atoms with E-state index in [1.807, 2.05) is 17.0 Å². The van der Waals surface area contributed by atoms with Crippen LogP contribution in [-0.4, -0.2) is 50.7 Å². The van der Waals surface area contributed by atoms with Gasteiger partial charge in [-0.15, -0.1) is 0 Å². The fourth-order valence-electron chi connectivity index (χ4n) is 5.56. The summed E-state index contributed by atoms with van der Waals surface area (Å²) < 4.78 is -0.459. The van der Waals surface area contributed by atoms with E-state index < -0.39 is 4.75 Å². The molecule has 2 N–H and O–H groups in total. The molecule has 1 saturated carbocycles. The Bertz CT molecular complexity index is 816. The molecule has 2 saturated heterocycles. The maximum atomic E-state index is 12.8. The van der Waals surface area contributed by atoms with Crippen molar-refractivity contribution < 1.29 is 9.59 Å². The highest BCUT2D eigenvalue weighted by Gasteiger charge is 2.45. The lowest BCUT2D eigenvalue weighted by Gasteiger charge is -2.34. The van der Waals surface area contributed by atoms with E-state index in [1.54, 1.807) is 18.0 Å². The number of carbonyl (C=O) groups is 2. The molecule has 170 valence electrons. The van der Waals surface area contributed by atoms with Crippen LogP contribution in [0.2, 0.25) is 0 Å². The topological polar surface area (TPSA) is 77.6 Å². The Balaban J connectivity index is 1.31. The third-order valence-corrected chi connectivity index (χ3v) is 8.55. The van der Waals surface area contributed by atoms with Crippen molar-refractivity contribution in [1.82, 2.24) is 15.2 Å². The lowest BCUT2D eigenvalue weighted by molar-refractivity contribution is -0.121. The molecule has 3 heterocycles. The summed E-state index contributed by atoms with van der Waals surface area (Å²) in [5.41, 5.74) is 0.652. The summed E-state index contributed by atoms with van der Waals surface area (Å²) in [5, 5.41) is 3.90. The number of amidine groups is 1. The normalized spacial score (nSPS) is 33.3. The molecule has 1 aromatic heterocycles. The van der Waals surface area contributed by atoms with Gasteiger partial charge in [-0.05, 0) is 68.9 Å². The second kappa shape index (κ2) is 9.39. The summed E-state index contributed by atoms with van der Waals surface area (Å²) in [6.07, 6.45) is 9.44. The van der Waals surface area contributed by atoms with E-state index in [9.17, 15) is 9.59 Å². The Kier molecular flexibility index (Phi) is 6.80. The van der Waals surface area contributed by atoms with Crippen LogP contribution in [0.3, 0.4) is 0 Å². The zero-order valence-corrected chi connectivity index (χ0v) is 19.8. The maximum Gasteiger partial charge on any atom is 0.270 e. The van der Waals surface area contributed by atoms with E-state index in [0.29, 0.717) is 23.6 Å². The molecule has 4 unspecified atom stereocenters. The van der Waals surface area contributed by atoms with Crippen molar-refractivity contribution >= 4 is 28.7 Å². The fraction of sp³-hybridized carbons (Fsp3) is 0.708. The predicted molar refractivity (Wildman–Crippen MR) is 126 cm³/mol. The molecule has 0 bridgehead atoms. The number of nitrogens with one attached hydrogen (secondary N) is 2. The first-order valence-electron chi connectivity index (χ1n) is 11.9. The Morgan fingerprint density at radius 2 is 2.06 bits per heavy atom. The van der Waals surface area contributed by atoms with Gasteiger partial charge >= 0.3 is 0 Å². The van der Waals surface area contributed by atoms with E-state index in [4.69, 9.17) is 4.99 Å². The molecule has 6 nitrogen and oxygen atoms in total. The first-order valence-corrected chi connectivity index (χ1v) is 12.7. The number of nitrogens with zero attached hydrogens (tertiary/aromatic N) is 2. The molecule has 0 radical (unpaired) electrons. The molecule has 1 aliphatic carbocycles. The van der Waals surface area contributed by atoms with E-state index in [2.05, 4.69) is 31.1 Å². The smallest absolute Gasteiger partial charge is 0.270 e. The number of thioether (sulfide) groups is 1. The van der Waals surface area contributed by atoms with Crippen LogP contribution in [-0.2, 0) is 4.79 Å². The highest BCUT2D eigenvalue weighted by Crippen LogP contribution is 2.42. The number of aromatic nitrogens is 1. The van der Waals surface area contributed by atoms with Gasteiger partial charge in [-0.3, -0.25) is 14.6 Å². The van der Waals surface area contributed by atoms with Crippen LogP contribution in [0.4, 0.5) is 0 Å². The van der Waals surface area contributed by atoms with Crippen molar-refractivity contribution in [1.29, 1.82) is 0 Å². The minimum absolute atomic E-state index is 0.0733. The van der Waals surface area contributed by atoms with Gasteiger partial charge in [-0.25, -0.2) is 0 Å². The summed E-state index contributed by atoms with van der Waals surface area (Å²) in [6.45, 7) is 8.12. The zero-order valence-electron chi connectivity index (χ0n) is 19.0. The molecule has 3 fully saturated rings. The van der Waals surface area contributed by atoms with Crippen LogP contribution in [0.15, 0.2) is 23.3 Å². The van der Waals surface area contributed by atoms with Crippen LogP contribution >= 0.6 is 11.8 Å². The lowest BCUT2D eigenvalue weighted by Crippen LogP contribution is -2.42. The predicted octanol–water partition coefficient (Wildman–Crippen LogP) is 4.45. The van der Waals surface area contributed by atoms with Gasteiger partial charge in [0, 0.05) is 19.3 Å². The van der Waals surface area contributed by atoms with Crippen LogP contribution < -0.4 is 5.32 Å². The molecule has 2 aliphatic heterocycles. The van der Waals surface area contributed by atoms with Crippen molar-refractivity contribution in [2.75, 3.05) is 13.1 Å². The summed E-state index contributed by atoms with van der Waals surface area (Å²) >= 11 is 1.63. The van der Waals surface area contributed by atoms with Gasteiger partial charge < -0.3 is 15.2 Å². The SMILES string of the molecule is CCCC1CC(C)C(N=C2NC(=O)C(C)(CC3CCN(C(=O)c4ccc[nH]4)CC3)S2)C1. The van der Waals surface area contributed by atoms with Crippen molar-refractivity contribution in [3.63, 3.8) is 0 Å². The van der Waals surface area contributed by atoms with Gasteiger partial charge in [-0.1, -0.05) is 38.5 Å². The number of likely N-dealkylation sites (tertiary alicyclic amines) is 1. The van der Waals surface area contributed by atoms with Crippen molar-refractivity contribution in [3.05, 3.63) is 24.0 Å². The largest absolute Gasteiger partial charge is 0.357 e. The molecule has 1 aromatic rings. The van der Waals surface area contributed by atoms with Crippen LogP contribution in [0.5, 0.6) is 0 Å². The molecule has 3 aliphatic rings. The van der Waals surface area contributed by atoms with Crippen molar-refractivity contribution in [2.24, 2.45) is 22.7 Å². The number of piperidine rings is 1. The Morgan fingerprint density at radius 3 is 2.74 bits per heavy atom. The number of H-pyrrole nitrogens is 1. The number of aliphatic imine (C=N–C) groups is 1. The summed E-state index contributed by atoms with van der Waals surface area (Å²) in [7, 11) is 0. The molecule has 2 amide bonds. The quantitative estimate of drug-likeness (QED) is 0.680. The number of rotatable bonds is 6. The van der Waals surface area contributed by atoms with E-state index in [-0.39, 0.29) is 11.8 Å². The second-order valence-electron chi connectivity index (χ2n) is 9.92. The summed E-state index contributed by atoms with van der Waals surface area (Å²) in [4.78, 5) is 35.3. The van der Waals surface area contributed by atoms with Crippen molar-refractivity contribution in [3.8, 4) is 0 Å². The van der Waals surface area contributed by atoms with Gasteiger partial charge in [0.1, 0.15) is 5.69 Å². The fourth-order valence-corrected chi connectivity index (χ4v) is 6.78. The maximum absolute atomic E-state index is 12.8. The molecule has 4 atom stereocenters. The van der Waals surface area contributed by atoms with Gasteiger partial charge in [-0.2, -0.15) is 0 Å². The van der Waals surface area contributed by atoms with E-state index in [1.165, 1.54) is 19.3 Å². The molecule has 7 heteroatoms. The number of hydrogen-bond acceptors (Lipinski definition) is 4. The number of hydrogen-bond donors (Lipinski definition) is 2. The number of amides is 2. The van der Waals surface area contributed by atoms with Crippen LogP contribution in [0, 0.1) is 17.8 Å². The highest BCUT2D eigenvalue weighted by molar-refractivity contribution is 8.16. The van der Waals surface area contributed by atoms with E-state index >= 15 is 0 Å². The molecule has 0 spiro atoms. The second-order valence-corrected chi connectivity index (χ2v) is 11.4. The average Bonchev–Trinajstić information content (AvgIpc) is 3.44. The van der Waals surface area contributed by atoms with Gasteiger partial charge in [0.25, 0.3) is 5.91 Å². The van der Waals surface area contributed by atoms with Crippen molar-refractivity contribution in [2.45, 2.75) is 76.5 Å². The standard InChI is InChI=1S/C24H36N4O2S/c1-4-6-18-13-16(2)20(14-18)26-23-27-22(30)24(3,31-23)15-17-8-11-28(12-9-17)21(29)19-7-5-10-25-19/h5,7,10,16-18,20,25H,4,6,8-9,11-15H2,1-3H3,(H,26,27,30). The van der Waals surface area contributed by atoms with E-state index in [0.717, 1.165) is 49.9 Å². The third kappa shape index (κ3) is 5.02. The molecule has 4 rings (SSSR count). The third-order valence-electron chi connectivity index (χ3n) is 7.35. The van der Waals surface area contributed by atoms with Crippen LogP contribution in [0.25, 0.3) is 0 Å². The lowest BCUT2D eigenvalue weighted by atomic mass is 9.87.